The minimum absolute atomic E-state index is 0.139. The molecule has 128 valence electrons. The molecule has 24 heavy (non-hydrogen) atoms. The van der Waals surface area contributed by atoms with Gasteiger partial charge in [0.1, 0.15) is 5.76 Å². The van der Waals surface area contributed by atoms with Crippen molar-refractivity contribution in [3.05, 3.63) is 54.5 Å². The van der Waals surface area contributed by atoms with Crippen LogP contribution < -0.4 is 5.32 Å². The topological polar surface area (TPSA) is 79.6 Å². The number of carbonyl (C=O) groups excluding carboxylic acids is 1. The SMILES string of the molecule is O=C(NCc1ccco1)[C@@H]1CCCN(S(=O)(=O)c2ccccc2)C1. The maximum Gasteiger partial charge on any atom is 0.243 e. The molecule has 1 saturated heterocycles. The smallest absolute Gasteiger partial charge is 0.243 e. The Morgan fingerprint density at radius 1 is 1.21 bits per heavy atom. The zero-order chi connectivity index (χ0) is 17.0. The first kappa shape index (κ1) is 16.7. The summed E-state index contributed by atoms with van der Waals surface area (Å²) in [5.41, 5.74) is 0. The lowest BCUT2D eigenvalue weighted by Gasteiger charge is -2.31. The van der Waals surface area contributed by atoms with Crippen LogP contribution in [0.5, 0.6) is 0 Å². The predicted molar refractivity (Wildman–Crippen MR) is 88.5 cm³/mol. The van der Waals surface area contributed by atoms with E-state index in [9.17, 15) is 13.2 Å². The molecule has 3 rings (SSSR count). The molecule has 1 aliphatic rings. The van der Waals surface area contributed by atoms with Gasteiger partial charge in [-0.3, -0.25) is 4.79 Å². The summed E-state index contributed by atoms with van der Waals surface area (Å²) in [6.07, 6.45) is 2.91. The van der Waals surface area contributed by atoms with E-state index in [1.165, 1.54) is 4.31 Å². The molecule has 1 N–H and O–H groups in total. The predicted octanol–water partition coefficient (Wildman–Crippen LogP) is 2.00. The maximum atomic E-state index is 12.7. The number of nitrogens with one attached hydrogen (secondary N) is 1. The van der Waals surface area contributed by atoms with E-state index in [2.05, 4.69) is 5.32 Å². The van der Waals surface area contributed by atoms with Gasteiger partial charge in [0.05, 0.1) is 23.6 Å². The molecule has 1 aromatic heterocycles. The second-order valence-corrected chi connectivity index (χ2v) is 7.75. The van der Waals surface area contributed by atoms with Gasteiger partial charge in [-0.25, -0.2) is 8.42 Å². The third-order valence-electron chi connectivity index (χ3n) is 4.15. The first-order valence-corrected chi connectivity index (χ1v) is 9.36. The molecular weight excluding hydrogens is 328 g/mol. The molecule has 0 saturated carbocycles. The number of benzene rings is 1. The molecule has 0 unspecified atom stereocenters. The Kier molecular flexibility index (Phi) is 5.01. The average Bonchev–Trinajstić information content (AvgIpc) is 3.14. The fourth-order valence-corrected chi connectivity index (χ4v) is 4.39. The first-order valence-electron chi connectivity index (χ1n) is 7.92. The fourth-order valence-electron chi connectivity index (χ4n) is 2.85. The highest BCUT2D eigenvalue weighted by molar-refractivity contribution is 7.89. The molecule has 1 fully saturated rings. The molecule has 2 heterocycles. The Balaban J connectivity index is 1.64. The lowest BCUT2D eigenvalue weighted by atomic mass is 9.99. The Morgan fingerprint density at radius 3 is 2.71 bits per heavy atom. The van der Waals surface area contributed by atoms with E-state index in [0.29, 0.717) is 31.7 Å². The number of hydrogen-bond acceptors (Lipinski definition) is 4. The van der Waals surface area contributed by atoms with E-state index in [4.69, 9.17) is 4.42 Å². The molecule has 0 bridgehead atoms. The van der Waals surface area contributed by atoms with Gasteiger partial charge in [-0.15, -0.1) is 0 Å². The van der Waals surface area contributed by atoms with Crippen molar-refractivity contribution in [2.75, 3.05) is 13.1 Å². The fraction of sp³-hybridized carbons (Fsp3) is 0.353. The van der Waals surface area contributed by atoms with E-state index >= 15 is 0 Å². The number of hydrogen-bond donors (Lipinski definition) is 1. The van der Waals surface area contributed by atoms with Gasteiger partial charge < -0.3 is 9.73 Å². The van der Waals surface area contributed by atoms with E-state index in [0.717, 1.165) is 0 Å². The highest BCUT2D eigenvalue weighted by atomic mass is 32.2. The summed E-state index contributed by atoms with van der Waals surface area (Å²) in [6, 6.07) is 11.9. The van der Waals surface area contributed by atoms with Gasteiger partial charge in [-0.2, -0.15) is 4.31 Å². The molecule has 1 aliphatic heterocycles. The number of nitrogens with zero attached hydrogens (tertiary/aromatic N) is 1. The largest absolute Gasteiger partial charge is 0.467 e. The molecular formula is C17H20N2O4S. The van der Waals surface area contributed by atoms with Crippen LogP contribution in [0.3, 0.4) is 0 Å². The van der Waals surface area contributed by atoms with Crippen LogP contribution in [-0.4, -0.2) is 31.7 Å². The van der Waals surface area contributed by atoms with Crippen LogP contribution in [0.25, 0.3) is 0 Å². The van der Waals surface area contributed by atoms with E-state index < -0.39 is 10.0 Å². The van der Waals surface area contributed by atoms with Gasteiger partial charge in [0, 0.05) is 13.1 Å². The van der Waals surface area contributed by atoms with Crippen molar-refractivity contribution in [1.29, 1.82) is 0 Å². The second kappa shape index (κ2) is 7.19. The standard InChI is InChI=1S/C17H20N2O4S/c20-17(18-12-15-7-5-11-23-15)14-6-4-10-19(13-14)24(21,22)16-8-2-1-3-9-16/h1-3,5,7-9,11,14H,4,6,10,12-13H2,(H,18,20)/t14-/m1/s1. The molecule has 0 spiro atoms. The van der Waals surface area contributed by atoms with Crippen molar-refractivity contribution in [2.24, 2.45) is 5.92 Å². The molecule has 1 amide bonds. The Morgan fingerprint density at radius 2 is 2.00 bits per heavy atom. The molecule has 1 aromatic carbocycles. The van der Waals surface area contributed by atoms with Crippen molar-refractivity contribution in [3.8, 4) is 0 Å². The van der Waals surface area contributed by atoms with Crippen molar-refractivity contribution in [2.45, 2.75) is 24.3 Å². The minimum Gasteiger partial charge on any atom is -0.467 e. The van der Waals surface area contributed by atoms with E-state index in [-0.39, 0.29) is 23.3 Å². The molecule has 0 aliphatic carbocycles. The number of sulfonamides is 1. The number of rotatable bonds is 5. The van der Waals surface area contributed by atoms with Crippen LogP contribution in [0.15, 0.2) is 58.0 Å². The summed E-state index contributed by atoms with van der Waals surface area (Å²) in [6.45, 7) is 0.966. The molecule has 7 heteroatoms. The van der Waals surface area contributed by atoms with Crippen LogP contribution in [0.1, 0.15) is 18.6 Å². The van der Waals surface area contributed by atoms with Crippen LogP contribution >= 0.6 is 0 Å². The zero-order valence-corrected chi connectivity index (χ0v) is 14.0. The number of amides is 1. The summed E-state index contributed by atoms with van der Waals surface area (Å²) in [4.78, 5) is 12.6. The van der Waals surface area contributed by atoms with Crippen molar-refractivity contribution >= 4 is 15.9 Å². The average molecular weight is 348 g/mol. The van der Waals surface area contributed by atoms with Crippen LogP contribution in [-0.2, 0) is 21.4 Å². The van der Waals surface area contributed by atoms with Gasteiger partial charge in [-0.1, -0.05) is 18.2 Å². The summed E-state index contributed by atoms with van der Waals surface area (Å²) in [5, 5.41) is 2.81. The molecule has 6 nitrogen and oxygen atoms in total. The monoisotopic (exact) mass is 348 g/mol. The Hall–Kier alpha value is -2.12. The summed E-state index contributed by atoms with van der Waals surface area (Å²) >= 11 is 0. The molecule has 2 aromatic rings. The first-order chi connectivity index (χ1) is 11.6. The van der Waals surface area contributed by atoms with Crippen LogP contribution in [0.2, 0.25) is 0 Å². The second-order valence-electron chi connectivity index (χ2n) is 5.81. The third-order valence-corrected chi connectivity index (χ3v) is 6.03. The molecule has 1 atom stereocenters. The Labute approximate surface area is 141 Å². The van der Waals surface area contributed by atoms with Crippen LogP contribution in [0.4, 0.5) is 0 Å². The normalized spacial score (nSPS) is 19.1. The third kappa shape index (κ3) is 3.68. The van der Waals surface area contributed by atoms with E-state index in [1.54, 1.807) is 48.7 Å². The highest BCUT2D eigenvalue weighted by Crippen LogP contribution is 2.23. The number of piperidine rings is 1. The lowest BCUT2D eigenvalue weighted by Crippen LogP contribution is -2.45. The summed E-state index contributed by atoms with van der Waals surface area (Å²) in [7, 11) is -3.55. The van der Waals surface area contributed by atoms with Gasteiger partial charge >= 0.3 is 0 Å². The number of furan rings is 1. The quantitative estimate of drug-likeness (QED) is 0.896. The van der Waals surface area contributed by atoms with Crippen LogP contribution in [0, 0.1) is 5.92 Å². The number of carbonyl (C=O) groups is 1. The summed E-state index contributed by atoms with van der Waals surface area (Å²) in [5.74, 6) is 0.194. The van der Waals surface area contributed by atoms with Gasteiger partial charge in [0.25, 0.3) is 0 Å². The zero-order valence-electron chi connectivity index (χ0n) is 13.2. The van der Waals surface area contributed by atoms with Crippen molar-refractivity contribution in [1.82, 2.24) is 9.62 Å². The molecule has 0 radical (unpaired) electrons. The maximum absolute atomic E-state index is 12.7. The highest BCUT2D eigenvalue weighted by Gasteiger charge is 2.33. The Bertz CT molecular complexity index is 772. The summed E-state index contributed by atoms with van der Waals surface area (Å²) < 4.78 is 31.9. The van der Waals surface area contributed by atoms with E-state index in [1.807, 2.05) is 0 Å². The van der Waals surface area contributed by atoms with Crippen molar-refractivity contribution < 1.29 is 17.6 Å². The van der Waals surface area contributed by atoms with Gasteiger partial charge in [0.15, 0.2) is 0 Å². The van der Waals surface area contributed by atoms with Gasteiger partial charge in [-0.05, 0) is 37.1 Å². The van der Waals surface area contributed by atoms with Gasteiger partial charge in [0.2, 0.25) is 15.9 Å². The minimum atomic E-state index is -3.55. The van der Waals surface area contributed by atoms with Crippen molar-refractivity contribution in [3.63, 3.8) is 0 Å². The lowest BCUT2D eigenvalue weighted by molar-refractivity contribution is -0.126.